The number of aromatic nitrogens is 1. The molecule has 54 valence electrons. The minimum absolute atomic E-state index is 0.0868. The van der Waals surface area contributed by atoms with E-state index in [1.165, 1.54) is 0 Å². The van der Waals surface area contributed by atoms with E-state index in [0.717, 1.165) is 18.7 Å². The van der Waals surface area contributed by atoms with Gasteiger partial charge in [-0.25, -0.2) is 4.98 Å². The number of hydrogen-bond donors (Lipinski definition) is 1. The third-order valence-corrected chi connectivity index (χ3v) is 2.07. The van der Waals surface area contributed by atoms with Gasteiger partial charge in [0.05, 0.1) is 11.7 Å². The molecule has 1 aliphatic rings. The highest BCUT2D eigenvalue weighted by Gasteiger charge is 2.46. The first-order chi connectivity index (χ1) is 4.87. The molecule has 0 saturated heterocycles. The fourth-order valence-electron chi connectivity index (χ4n) is 1.16. The predicted molar refractivity (Wildman–Crippen MR) is 36.5 cm³/mol. The van der Waals surface area contributed by atoms with E-state index in [9.17, 15) is 0 Å². The molecule has 1 aromatic rings. The van der Waals surface area contributed by atoms with E-state index in [1.54, 1.807) is 12.5 Å². The molecule has 1 heterocycles. The van der Waals surface area contributed by atoms with Crippen LogP contribution in [0.2, 0.25) is 0 Å². The van der Waals surface area contributed by atoms with Crippen LogP contribution < -0.4 is 5.32 Å². The van der Waals surface area contributed by atoms with Crippen LogP contribution in [-0.4, -0.2) is 12.0 Å². The van der Waals surface area contributed by atoms with E-state index < -0.39 is 0 Å². The van der Waals surface area contributed by atoms with Crippen molar-refractivity contribution >= 4 is 0 Å². The van der Waals surface area contributed by atoms with Crippen LogP contribution in [0.1, 0.15) is 18.7 Å². The SMILES string of the molecule is CNC1(c2ncco2)CC1. The number of hydrogen-bond acceptors (Lipinski definition) is 3. The van der Waals surface area contributed by atoms with Crippen molar-refractivity contribution in [1.29, 1.82) is 0 Å². The normalized spacial score (nSPS) is 20.9. The zero-order chi connectivity index (χ0) is 7.03. The molecular formula is C7H10N2O. The molecule has 0 aliphatic heterocycles. The lowest BCUT2D eigenvalue weighted by atomic mass is 10.3. The van der Waals surface area contributed by atoms with Gasteiger partial charge >= 0.3 is 0 Å². The van der Waals surface area contributed by atoms with Crippen LogP contribution in [0.15, 0.2) is 16.9 Å². The summed E-state index contributed by atoms with van der Waals surface area (Å²) < 4.78 is 5.18. The molecule has 1 saturated carbocycles. The Morgan fingerprint density at radius 1 is 1.70 bits per heavy atom. The zero-order valence-corrected chi connectivity index (χ0v) is 5.92. The maximum Gasteiger partial charge on any atom is 0.214 e. The standard InChI is InChI=1S/C7H10N2O/c1-8-7(2-3-7)6-9-4-5-10-6/h4-5,8H,2-3H2,1H3. The number of rotatable bonds is 2. The molecule has 0 unspecified atom stereocenters. The summed E-state index contributed by atoms with van der Waals surface area (Å²) in [4.78, 5) is 4.09. The van der Waals surface area contributed by atoms with Crippen LogP contribution in [-0.2, 0) is 5.54 Å². The van der Waals surface area contributed by atoms with E-state index in [4.69, 9.17) is 4.42 Å². The van der Waals surface area contributed by atoms with Crippen molar-refractivity contribution in [2.75, 3.05) is 7.05 Å². The van der Waals surface area contributed by atoms with Gasteiger partial charge in [-0.2, -0.15) is 0 Å². The Morgan fingerprint density at radius 2 is 2.50 bits per heavy atom. The summed E-state index contributed by atoms with van der Waals surface area (Å²) in [6, 6.07) is 0. The lowest BCUT2D eigenvalue weighted by molar-refractivity contribution is 0.401. The summed E-state index contributed by atoms with van der Waals surface area (Å²) in [5.74, 6) is 0.829. The molecule has 0 aromatic carbocycles. The molecule has 1 fully saturated rings. The Labute approximate surface area is 59.4 Å². The van der Waals surface area contributed by atoms with E-state index >= 15 is 0 Å². The van der Waals surface area contributed by atoms with Gasteiger partial charge in [0.2, 0.25) is 5.89 Å². The fourth-order valence-corrected chi connectivity index (χ4v) is 1.16. The molecule has 1 aromatic heterocycles. The van der Waals surface area contributed by atoms with Gasteiger partial charge in [0.25, 0.3) is 0 Å². The summed E-state index contributed by atoms with van der Waals surface area (Å²) in [6.07, 6.45) is 5.59. The van der Waals surface area contributed by atoms with E-state index in [2.05, 4.69) is 10.3 Å². The quantitative estimate of drug-likeness (QED) is 0.659. The van der Waals surface area contributed by atoms with Crippen LogP contribution in [0.3, 0.4) is 0 Å². The van der Waals surface area contributed by atoms with Gasteiger partial charge in [-0.1, -0.05) is 0 Å². The first-order valence-electron chi connectivity index (χ1n) is 3.46. The largest absolute Gasteiger partial charge is 0.447 e. The smallest absolute Gasteiger partial charge is 0.214 e. The van der Waals surface area contributed by atoms with Gasteiger partial charge in [0.1, 0.15) is 6.26 Å². The highest BCUT2D eigenvalue weighted by Crippen LogP contribution is 2.43. The van der Waals surface area contributed by atoms with Crippen molar-refractivity contribution in [3.63, 3.8) is 0 Å². The van der Waals surface area contributed by atoms with Crippen molar-refractivity contribution in [2.24, 2.45) is 0 Å². The molecule has 0 bridgehead atoms. The molecule has 0 radical (unpaired) electrons. The van der Waals surface area contributed by atoms with E-state index in [1.807, 2.05) is 7.05 Å². The molecule has 10 heavy (non-hydrogen) atoms. The summed E-state index contributed by atoms with van der Waals surface area (Å²) in [5.41, 5.74) is 0.0868. The van der Waals surface area contributed by atoms with Crippen LogP contribution in [0, 0.1) is 0 Å². The maximum atomic E-state index is 5.18. The van der Waals surface area contributed by atoms with Crippen LogP contribution in [0.25, 0.3) is 0 Å². The minimum atomic E-state index is 0.0868. The van der Waals surface area contributed by atoms with E-state index in [-0.39, 0.29) is 5.54 Å². The molecule has 3 heteroatoms. The Balaban J connectivity index is 2.27. The molecule has 0 spiro atoms. The second-order valence-corrected chi connectivity index (χ2v) is 2.67. The van der Waals surface area contributed by atoms with Crippen molar-refractivity contribution in [3.8, 4) is 0 Å². The van der Waals surface area contributed by atoms with Gasteiger partial charge in [-0.05, 0) is 19.9 Å². The van der Waals surface area contributed by atoms with Gasteiger partial charge in [0, 0.05) is 0 Å². The second kappa shape index (κ2) is 1.83. The molecule has 0 amide bonds. The molecule has 0 atom stereocenters. The highest BCUT2D eigenvalue weighted by molar-refractivity contribution is 5.12. The zero-order valence-electron chi connectivity index (χ0n) is 5.92. The van der Waals surface area contributed by atoms with E-state index in [0.29, 0.717) is 0 Å². The number of oxazole rings is 1. The monoisotopic (exact) mass is 138 g/mol. The first-order valence-corrected chi connectivity index (χ1v) is 3.46. The van der Waals surface area contributed by atoms with Crippen molar-refractivity contribution < 1.29 is 4.42 Å². The van der Waals surface area contributed by atoms with Gasteiger partial charge in [-0.3, -0.25) is 0 Å². The van der Waals surface area contributed by atoms with Gasteiger partial charge < -0.3 is 9.73 Å². The van der Waals surface area contributed by atoms with Crippen molar-refractivity contribution in [1.82, 2.24) is 10.3 Å². The number of nitrogens with one attached hydrogen (secondary N) is 1. The maximum absolute atomic E-state index is 5.18. The minimum Gasteiger partial charge on any atom is -0.447 e. The summed E-state index contributed by atoms with van der Waals surface area (Å²) in [7, 11) is 1.94. The van der Waals surface area contributed by atoms with Crippen molar-refractivity contribution in [2.45, 2.75) is 18.4 Å². The molecule has 1 N–H and O–H groups in total. The molecule has 1 aliphatic carbocycles. The average Bonchev–Trinajstić information content (AvgIpc) is 2.58. The summed E-state index contributed by atoms with van der Waals surface area (Å²) in [5, 5.41) is 3.20. The van der Waals surface area contributed by atoms with Crippen LogP contribution >= 0.6 is 0 Å². The lowest BCUT2D eigenvalue weighted by Crippen LogP contribution is -2.24. The Bertz CT molecular complexity index is 214. The predicted octanol–water partition coefficient (Wildman–Crippen LogP) is 0.883. The molecule has 3 nitrogen and oxygen atoms in total. The Morgan fingerprint density at radius 3 is 2.90 bits per heavy atom. The number of nitrogens with zero attached hydrogens (tertiary/aromatic N) is 1. The molecular weight excluding hydrogens is 128 g/mol. The van der Waals surface area contributed by atoms with Gasteiger partial charge in [-0.15, -0.1) is 0 Å². The first kappa shape index (κ1) is 5.92. The topological polar surface area (TPSA) is 38.1 Å². The summed E-state index contributed by atoms with van der Waals surface area (Å²) >= 11 is 0. The Hall–Kier alpha value is -0.830. The van der Waals surface area contributed by atoms with Crippen molar-refractivity contribution in [3.05, 3.63) is 18.4 Å². The lowest BCUT2D eigenvalue weighted by Gasteiger charge is -2.07. The highest BCUT2D eigenvalue weighted by atomic mass is 16.3. The summed E-state index contributed by atoms with van der Waals surface area (Å²) in [6.45, 7) is 0. The third-order valence-electron chi connectivity index (χ3n) is 2.07. The molecule has 2 rings (SSSR count). The Kier molecular flexibility index (Phi) is 1.08. The van der Waals surface area contributed by atoms with Gasteiger partial charge in [0.15, 0.2) is 0 Å². The second-order valence-electron chi connectivity index (χ2n) is 2.67. The van der Waals surface area contributed by atoms with Crippen LogP contribution in [0.5, 0.6) is 0 Å². The van der Waals surface area contributed by atoms with Crippen LogP contribution in [0.4, 0.5) is 0 Å². The average molecular weight is 138 g/mol. The third kappa shape index (κ3) is 0.671. The fraction of sp³-hybridized carbons (Fsp3) is 0.571.